The van der Waals surface area contributed by atoms with Gasteiger partial charge < -0.3 is 10.0 Å². The second-order valence-corrected chi connectivity index (χ2v) is 6.61. The molecule has 1 aromatic carbocycles. The summed E-state index contributed by atoms with van der Waals surface area (Å²) in [6.07, 6.45) is 0.137. The number of aryl methyl sites for hydroxylation is 1. The smallest absolute Gasteiger partial charge is 0.323 e. The Morgan fingerprint density at radius 2 is 1.84 bits per heavy atom. The number of benzene rings is 1. The maximum absolute atomic E-state index is 12.8. The van der Waals surface area contributed by atoms with Gasteiger partial charge in [-0.2, -0.15) is 5.10 Å². The number of carboxylic acid groups (broad SMARTS) is 1. The van der Waals surface area contributed by atoms with E-state index in [9.17, 15) is 9.59 Å². The van der Waals surface area contributed by atoms with E-state index in [0.29, 0.717) is 11.6 Å². The minimum atomic E-state index is -1.04. The van der Waals surface area contributed by atoms with Crippen molar-refractivity contribution in [2.75, 3.05) is 11.4 Å². The fourth-order valence-electron chi connectivity index (χ4n) is 2.83. The van der Waals surface area contributed by atoms with Crippen molar-refractivity contribution in [1.82, 2.24) is 9.78 Å². The first-order chi connectivity index (χ1) is 11.8. The van der Waals surface area contributed by atoms with Crippen LogP contribution < -0.4 is 4.90 Å². The summed E-state index contributed by atoms with van der Waals surface area (Å²) in [4.78, 5) is 25.3. The van der Waals surface area contributed by atoms with Crippen LogP contribution in [0.4, 0.5) is 5.69 Å². The summed E-state index contributed by atoms with van der Waals surface area (Å²) in [6, 6.07) is 8.88. The molecule has 0 unspecified atom stereocenters. The largest absolute Gasteiger partial charge is 0.480 e. The van der Waals surface area contributed by atoms with Gasteiger partial charge in [-0.3, -0.25) is 14.3 Å². The molecule has 0 aliphatic rings. The minimum Gasteiger partial charge on any atom is -0.480 e. The van der Waals surface area contributed by atoms with Crippen molar-refractivity contribution >= 4 is 17.6 Å². The van der Waals surface area contributed by atoms with E-state index in [1.165, 1.54) is 4.90 Å². The molecule has 6 heteroatoms. The van der Waals surface area contributed by atoms with Crippen molar-refractivity contribution in [1.29, 1.82) is 0 Å². The number of carboxylic acids is 1. The summed E-state index contributed by atoms with van der Waals surface area (Å²) in [5, 5.41) is 13.7. The van der Waals surface area contributed by atoms with Crippen molar-refractivity contribution in [3.8, 4) is 0 Å². The number of nitrogens with zero attached hydrogens (tertiary/aromatic N) is 3. The molecule has 0 aliphatic carbocycles. The highest BCUT2D eigenvalue weighted by Crippen LogP contribution is 2.19. The number of para-hydroxylation sites is 1. The Hall–Kier alpha value is -2.63. The Bertz CT molecular complexity index is 751. The molecule has 6 nitrogen and oxygen atoms in total. The summed E-state index contributed by atoms with van der Waals surface area (Å²) in [5.74, 6) is -0.834. The molecule has 0 saturated heterocycles. The quantitative estimate of drug-likeness (QED) is 0.839. The lowest BCUT2D eigenvalue weighted by molar-refractivity contribution is -0.136. The Morgan fingerprint density at radius 1 is 1.20 bits per heavy atom. The van der Waals surface area contributed by atoms with Gasteiger partial charge in [0.15, 0.2) is 0 Å². The Labute approximate surface area is 148 Å². The van der Waals surface area contributed by atoms with Crippen LogP contribution in [0.2, 0.25) is 0 Å². The predicted molar refractivity (Wildman–Crippen MR) is 96.7 cm³/mol. The van der Waals surface area contributed by atoms with Gasteiger partial charge in [0.25, 0.3) is 0 Å². The molecule has 1 heterocycles. The summed E-state index contributed by atoms with van der Waals surface area (Å²) in [5.41, 5.74) is 3.23. The van der Waals surface area contributed by atoms with E-state index in [-0.39, 0.29) is 18.9 Å². The average Bonchev–Trinajstić information content (AvgIpc) is 2.80. The first-order valence-electron chi connectivity index (χ1n) is 8.39. The fraction of sp³-hybridized carbons (Fsp3) is 0.421. The van der Waals surface area contributed by atoms with Crippen LogP contribution in [-0.2, 0) is 22.6 Å². The maximum atomic E-state index is 12.8. The third kappa shape index (κ3) is 4.68. The van der Waals surface area contributed by atoms with Gasteiger partial charge in [-0.25, -0.2) is 0 Å². The highest BCUT2D eigenvalue weighted by atomic mass is 16.4. The molecule has 0 spiro atoms. The number of anilines is 1. The van der Waals surface area contributed by atoms with Crippen LogP contribution in [0, 0.1) is 19.8 Å². The molecule has 0 aliphatic heterocycles. The topological polar surface area (TPSA) is 75.4 Å². The number of rotatable bonds is 7. The molecule has 134 valence electrons. The molecule has 0 saturated carbocycles. The number of hydrogen-bond acceptors (Lipinski definition) is 3. The Kier molecular flexibility index (Phi) is 5.96. The fourth-order valence-corrected chi connectivity index (χ4v) is 2.83. The molecule has 1 amide bonds. The van der Waals surface area contributed by atoms with Crippen molar-refractivity contribution in [2.45, 2.75) is 40.7 Å². The summed E-state index contributed by atoms with van der Waals surface area (Å²) < 4.78 is 1.92. The van der Waals surface area contributed by atoms with E-state index in [4.69, 9.17) is 5.11 Å². The second-order valence-electron chi connectivity index (χ2n) is 6.61. The van der Waals surface area contributed by atoms with Crippen LogP contribution in [0.1, 0.15) is 30.8 Å². The number of carbonyl (C=O) groups excluding carboxylic acids is 1. The van der Waals surface area contributed by atoms with E-state index >= 15 is 0 Å². The van der Waals surface area contributed by atoms with Gasteiger partial charge in [0.2, 0.25) is 5.91 Å². The van der Waals surface area contributed by atoms with Crippen LogP contribution in [0.3, 0.4) is 0 Å². The first-order valence-corrected chi connectivity index (χ1v) is 8.39. The van der Waals surface area contributed by atoms with Crippen LogP contribution in [0.5, 0.6) is 0 Å². The van der Waals surface area contributed by atoms with Gasteiger partial charge in [-0.1, -0.05) is 32.0 Å². The molecule has 0 atom stereocenters. The van der Waals surface area contributed by atoms with E-state index in [1.807, 2.05) is 24.6 Å². The van der Waals surface area contributed by atoms with Crippen molar-refractivity contribution in [2.24, 2.45) is 5.92 Å². The monoisotopic (exact) mass is 343 g/mol. The molecular weight excluding hydrogens is 318 g/mol. The van der Waals surface area contributed by atoms with E-state index in [0.717, 1.165) is 23.5 Å². The molecular formula is C19H25N3O3. The van der Waals surface area contributed by atoms with Gasteiger partial charge in [0.1, 0.15) is 6.54 Å². The summed E-state index contributed by atoms with van der Waals surface area (Å²) in [6.45, 7) is 8.50. The van der Waals surface area contributed by atoms with Crippen molar-refractivity contribution in [3.63, 3.8) is 0 Å². The lowest BCUT2D eigenvalue weighted by Crippen LogP contribution is -2.37. The molecule has 25 heavy (non-hydrogen) atoms. The molecule has 0 radical (unpaired) electrons. The van der Waals surface area contributed by atoms with Crippen LogP contribution in [0.25, 0.3) is 0 Å². The van der Waals surface area contributed by atoms with Crippen LogP contribution in [0.15, 0.2) is 30.3 Å². The minimum absolute atomic E-state index is 0.137. The maximum Gasteiger partial charge on any atom is 0.323 e. The van der Waals surface area contributed by atoms with Crippen LogP contribution in [-0.4, -0.2) is 33.3 Å². The zero-order valence-electron chi connectivity index (χ0n) is 15.2. The third-order valence-corrected chi connectivity index (χ3v) is 4.06. The van der Waals surface area contributed by atoms with Gasteiger partial charge in [-0.05, 0) is 31.9 Å². The SMILES string of the molecule is Cc1nn(CC(C)C)c(C)c1CC(=O)N(CC(=O)O)c1ccccc1. The van der Waals surface area contributed by atoms with E-state index in [1.54, 1.807) is 24.3 Å². The standard InChI is InChI=1S/C19H25N3O3/c1-13(2)11-22-15(4)17(14(3)20-22)10-18(23)21(12-19(24)25)16-8-6-5-7-9-16/h5-9,13H,10-12H2,1-4H3,(H,24,25). The molecule has 1 aromatic heterocycles. The van der Waals surface area contributed by atoms with Gasteiger partial charge >= 0.3 is 5.97 Å². The normalized spacial score (nSPS) is 10.9. The average molecular weight is 343 g/mol. The Balaban J connectivity index is 2.27. The number of aliphatic carboxylic acids is 1. The van der Waals surface area contributed by atoms with Crippen molar-refractivity contribution in [3.05, 3.63) is 47.3 Å². The number of carbonyl (C=O) groups is 2. The van der Waals surface area contributed by atoms with Gasteiger partial charge in [0, 0.05) is 23.5 Å². The second kappa shape index (κ2) is 7.96. The lowest BCUT2D eigenvalue weighted by Gasteiger charge is -2.21. The molecule has 0 bridgehead atoms. The molecule has 2 aromatic rings. The van der Waals surface area contributed by atoms with Gasteiger partial charge in [-0.15, -0.1) is 0 Å². The first kappa shape index (κ1) is 18.7. The highest BCUT2D eigenvalue weighted by Gasteiger charge is 2.22. The van der Waals surface area contributed by atoms with Gasteiger partial charge in [0.05, 0.1) is 12.1 Å². The zero-order chi connectivity index (χ0) is 18.6. The van der Waals surface area contributed by atoms with E-state index in [2.05, 4.69) is 18.9 Å². The summed E-state index contributed by atoms with van der Waals surface area (Å²) >= 11 is 0. The zero-order valence-corrected chi connectivity index (χ0v) is 15.2. The molecule has 0 fully saturated rings. The molecule has 2 rings (SSSR count). The van der Waals surface area contributed by atoms with Crippen LogP contribution >= 0.6 is 0 Å². The predicted octanol–water partition coefficient (Wildman–Crippen LogP) is 2.82. The number of amides is 1. The van der Waals surface area contributed by atoms with Crippen molar-refractivity contribution < 1.29 is 14.7 Å². The third-order valence-electron chi connectivity index (χ3n) is 4.06. The number of aromatic nitrogens is 2. The van der Waals surface area contributed by atoms with E-state index < -0.39 is 5.97 Å². The Morgan fingerprint density at radius 3 is 2.40 bits per heavy atom. The highest BCUT2D eigenvalue weighted by molar-refractivity contribution is 5.98. The molecule has 1 N–H and O–H groups in total. The lowest BCUT2D eigenvalue weighted by atomic mass is 10.1. The summed E-state index contributed by atoms with van der Waals surface area (Å²) in [7, 11) is 0. The number of hydrogen-bond donors (Lipinski definition) is 1.